The van der Waals surface area contributed by atoms with E-state index in [-0.39, 0.29) is 18.2 Å². The first-order chi connectivity index (χ1) is 13.8. The summed E-state index contributed by atoms with van der Waals surface area (Å²) in [6.07, 6.45) is -0.574. The average Bonchev–Trinajstić information content (AvgIpc) is 2.66. The molecule has 2 aromatic carbocycles. The van der Waals surface area contributed by atoms with E-state index in [1.54, 1.807) is 14.0 Å². The van der Waals surface area contributed by atoms with Crippen LogP contribution >= 0.6 is 0 Å². The van der Waals surface area contributed by atoms with Gasteiger partial charge in [-0.05, 0) is 75.1 Å². The van der Waals surface area contributed by atoms with E-state index in [2.05, 4.69) is 11.4 Å². The van der Waals surface area contributed by atoms with Gasteiger partial charge in [-0.3, -0.25) is 0 Å². The van der Waals surface area contributed by atoms with Crippen molar-refractivity contribution in [1.29, 1.82) is 0 Å². The Morgan fingerprint density at radius 2 is 1.90 bits per heavy atom. The normalized spacial score (nSPS) is 19.5. The van der Waals surface area contributed by atoms with E-state index < -0.39 is 12.3 Å². The molecule has 6 nitrogen and oxygen atoms in total. The number of anilines is 1. The van der Waals surface area contributed by atoms with Crippen molar-refractivity contribution in [3.8, 4) is 16.9 Å². The number of nitrogens with zero attached hydrogens (tertiary/aromatic N) is 1. The smallest absolute Gasteiger partial charge is 0.407 e. The van der Waals surface area contributed by atoms with Crippen LogP contribution in [0.15, 0.2) is 42.5 Å². The minimum atomic E-state index is -0.630. The summed E-state index contributed by atoms with van der Waals surface area (Å²) in [6.45, 7) is 7.46. The molecule has 0 aliphatic carbocycles. The molecule has 0 saturated heterocycles. The van der Waals surface area contributed by atoms with Gasteiger partial charge in [-0.1, -0.05) is 18.2 Å². The Kier molecular flexibility index (Phi) is 6.33. The molecule has 3 rings (SSSR count). The molecule has 0 radical (unpaired) electrons. The molecule has 156 valence electrons. The van der Waals surface area contributed by atoms with Gasteiger partial charge in [0.15, 0.2) is 0 Å². The number of benzene rings is 2. The number of amides is 1. The highest BCUT2D eigenvalue weighted by atomic mass is 16.6. The van der Waals surface area contributed by atoms with Crippen molar-refractivity contribution in [2.75, 3.05) is 12.0 Å². The first-order valence-electron chi connectivity index (χ1n) is 10.0. The van der Waals surface area contributed by atoms with Crippen molar-refractivity contribution < 1.29 is 19.4 Å². The van der Waals surface area contributed by atoms with Crippen molar-refractivity contribution in [1.82, 2.24) is 5.32 Å². The van der Waals surface area contributed by atoms with Crippen LogP contribution in [0.2, 0.25) is 0 Å². The second-order valence-electron chi connectivity index (χ2n) is 7.78. The molecule has 2 N–H and O–H groups in total. The molecule has 1 heterocycles. The van der Waals surface area contributed by atoms with Crippen LogP contribution in [0.1, 0.15) is 45.7 Å². The van der Waals surface area contributed by atoms with Crippen LogP contribution in [-0.2, 0) is 4.74 Å². The third-order valence-corrected chi connectivity index (χ3v) is 5.17. The van der Waals surface area contributed by atoms with Gasteiger partial charge in [0.25, 0.3) is 0 Å². The molecule has 6 heteroatoms. The number of hydrogen-bond donors (Lipinski definition) is 2. The lowest BCUT2D eigenvalue weighted by Gasteiger charge is -2.42. The first-order valence-corrected chi connectivity index (χ1v) is 10.0. The second-order valence-corrected chi connectivity index (χ2v) is 7.78. The average molecular weight is 399 g/mol. The third-order valence-electron chi connectivity index (χ3n) is 5.17. The van der Waals surface area contributed by atoms with E-state index in [0.29, 0.717) is 6.42 Å². The predicted molar refractivity (Wildman–Crippen MR) is 114 cm³/mol. The Labute approximate surface area is 172 Å². The van der Waals surface area contributed by atoms with Crippen LogP contribution in [0.5, 0.6) is 5.75 Å². The molecule has 0 saturated carbocycles. The lowest BCUT2D eigenvalue weighted by atomic mass is 9.89. The van der Waals surface area contributed by atoms with Gasteiger partial charge >= 0.3 is 6.09 Å². The molecule has 0 aromatic heterocycles. The Morgan fingerprint density at radius 3 is 2.55 bits per heavy atom. The lowest BCUT2D eigenvalue weighted by Crippen LogP contribution is -2.47. The van der Waals surface area contributed by atoms with E-state index in [1.165, 1.54) is 0 Å². The lowest BCUT2D eigenvalue weighted by molar-refractivity contribution is 0.110. The maximum atomic E-state index is 12.3. The summed E-state index contributed by atoms with van der Waals surface area (Å²) < 4.78 is 10.6. The van der Waals surface area contributed by atoms with Crippen LogP contribution in [0, 0.1) is 0 Å². The van der Waals surface area contributed by atoms with Gasteiger partial charge in [0.1, 0.15) is 12.0 Å². The largest absolute Gasteiger partial charge is 0.497 e. The number of carbonyl (C=O) groups excluding carboxylic acids is 1. The van der Waals surface area contributed by atoms with Gasteiger partial charge in [-0.2, -0.15) is 0 Å². The van der Waals surface area contributed by atoms with Crippen LogP contribution in [-0.4, -0.2) is 36.7 Å². The van der Waals surface area contributed by atoms with Crippen LogP contribution in [0.3, 0.4) is 0 Å². The highest BCUT2D eigenvalue weighted by Crippen LogP contribution is 2.40. The monoisotopic (exact) mass is 398 g/mol. The Hall–Kier alpha value is -2.73. The summed E-state index contributed by atoms with van der Waals surface area (Å²) in [5.41, 5.74) is 3.93. The van der Waals surface area contributed by atoms with Gasteiger partial charge in [0.2, 0.25) is 0 Å². The van der Waals surface area contributed by atoms with Gasteiger partial charge in [-0.15, -0.1) is 0 Å². The van der Waals surface area contributed by atoms with E-state index in [1.807, 2.05) is 62.1 Å². The van der Waals surface area contributed by atoms with Crippen molar-refractivity contribution in [2.24, 2.45) is 0 Å². The number of nitrogens with one attached hydrogen (secondary N) is 1. The quantitative estimate of drug-likeness (QED) is 0.777. The van der Waals surface area contributed by atoms with Crippen LogP contribution in [0.25, 0.3) is 11.1 Å². The Morgan fingerprint density at radius 1 is 1.17 bits per heavy atom. The fourth-order valence-corrected chi connectivity index (χ4v) is 3.97. The summed E-state index contributed by atoms with van der Waals surface area (Å²) >= 11 is 0. The molecule has 2 aromatic rings. The second kappa shape index (κ2) is 8.74. The minimum Gasteiger partial charge on any atom is -0.497 e. The number of aliphatic hydroxyl groups is 1. The summed E-state index contributed by atoms with van der Waals surface area (Å²) in [6, 6.07) is 13.8. The topological polar surface area (TPSA) is 71.0 Å². The molecule has 29 heavy (non-hydrogen) atoms. The number of rotatable bonds is 5. The summed E-state index contributed by atoms with van der Waals surface area (Å²) in [4.78, 5) is 14.3. The van der Waals surface area contributed by atoms with Crippen LogP contribution < -0.4 is 15.0 Å². The number of carbonyl (C=O) groups is 1. The molecule has 3 atom stereocenters. The molecular weight excluding hydrogens is 368 g/mol. The first kappa shape index (κ1) is 21.0. The molecule has 1 aliphatic heterocycles. The molecule has 0 spiro atoms. The van der Waals surface area contributed by atoms with Gasteiger partial charge in [0.05, 0.1) is 19.3 Å². The van der Waals surface area contributed by atoms with Crippen molar-refractivity contribution in [3.05, 3.63) is 48.0 Å². The Balaban J connectivity index is 2.02. The molecule has 1 amide bonds. The minimum absolute atomic E-state index is 0.0644. The highest BCUT2D eigenvalue weighted by Gasteiger charge is 2.33. The van der Waals surface area contributed by atoms with Crippen molar-refractivity contribution in [3.63, 3.8) is 0 Å². The zero-order valence-electron chi connectivity index (χ0n) is 17.7. The van der Waals surface area contributed by atoms with Gasteiger partial charge in [0, 0.05) is 11.7 Å². The van der Waals surface area contributed by atoms with E-state index in [4.69, 9.17) is 9.47 Å². The van der Waals surface area contributed by atoms with E-state index >= 15 is 0 Å². The number of fused-ring (bicyclic) bond motifs is 1. The number of aliphatic hydroxyl groups excluding tert-OH is 1. The van der Waals surface area contributed by atoms with Crippen molar-refractivity contribution >= 4 is 11.8 Å². The zero-order chi connectivity index (χ0) is 21.1. The molecule has 0 bridgehead atoms. The number of hydrogen-bond acceptors (Lipinski definition) is 5. The van der Waals surface area contributed by atoms with E-state index in [9.17, 15) is 9.90 Å². The fraction of sp³-hybridized carbons (Fsp3) is 0.435. The Bertz CT molecular complexity index is 866. The number of alkyl carbamates (subject to hydrolysis) is 1. The third kappa shape index (κ3) is 4.65. The maximum Gasteiger partial charge on any atom is 0.407 e. The SMILES string of the molecule is COc1cccc(-c2ccc3c(c2)[C@H](NC(=O)OC(C)C)C[C@H](C)N3C(C)O)c1. The van der Waals surface area contributed by atoms with Crippen LogP contribution in [0.4, 0.5) is 10.5 Å². The number of methoxy groups -OCH3 is 1. The number of ether oxygens (including phenoxy) is 2. The molecule has 0 fully saturated rings. The maximum absolute atomic E-state index is 12.3. The van der Waals surface area contributed by atoms with Gasteiger partial charge in [-0.25, -0.2) is 4.79 Å². The summed E-state index contributed by atoms with van der Waals surface area (Å²) in [5.74, 6) is 0.787. The van der Waals surface area contributed by atoms with Gasteiger partial charge < -0.3 is 24.8 Å². The standard InChI is InChI=1S/C23H30N2O4/c1-14(2)29-23(27)24-21-11-15(3)25(16(4)26)22-10-9-18(13-20(21)22)17-7-6-8-19(12-17)28-5/h6-10,12-16,21,26H,11H2,1-5H3,(H,24,27)/t15-,16?,21+/m0/s1. The molecule has 1 aliphatic rings. The molecular formula is C23H30N2O4. The fourth-order valence-electron chi connectivity index (χ4n) is 3.97. The highest BCUT2D eigenvalue weighted by molar-refractivity contribution is 5.74. The summed E-state index contributed by atoms with van der Waals surface area (Å²) in [7, 11) is 1.65. The zero-order valence-corrected chi connectivity index (χ0v) is 17.7. The summed E-state index contributed by atoms with van der Waals surface area (Å²) in [5, 5.41) is 13.3. The van der Waals surface area contributed by atoms with E-state index in [0.717, 1.165) is 28.1 Å². The molecule has 1 unspecified atom stereocenters. The predicted octanol–water partition coefficient (Wildman–Crippen LogP) is 4.47. The van der Waals surface area contributed by atoms with Crippen molar-refractivity contribution in [2.45, 2.75) is 58.5 Å².